The van der Waals surface area contributed by atoms with Crippen LogP contribution < -0.4 is 10.2 Å². The molecule has 1 N–H and O–H groups in total. The van der Waals surface area contributed by atoms with Gasteiger partial charge in [0.1, 0.15) is 0 Å². The molecule has 2 aromatic heterocycles. The van der Waals surface area contributed by atoms with Crippen LogP contribution in [0.2, 0.25) is 0 Å². The molecule has 1 saturated carbocycles. The Hall–Kier alpha value is -2.15. The SMILES string of the molecule is O=C(CSc1ccncc1)NC1CCN(c2nccc(C3CC3)n2)C1. The Morgan fingerprint density at radius 1 is 1.20 bits per heavy atom. The highest BCUT2D eigenvalue weighted by Gasteiger charge is 2.28. The van der Waals surface area contributed by atoms with Crippen LogP contribution in [0.3, 0.4) is 0 Å². The van der Waals surface area contributed by atoms with Gasteiger partial charge in [-0.1, -0.05) is 0 Å². The average Bonchev–Trinajstić information content (AvgIpc) is 3.41. The monoisotopic (exact) mass is 355 g/mol. The summed E-state index contributed by atoms with van der Waals surface area (Å²) in [6, 6.07) is 6.02. The Bertz CT molecular complexity index is 737. The van der Waals surface area contributed by atoms with E-state index in [4.69, 9.17) is 4.98 Å². The molecule has 0 aromatic carbocycles. The normalized spacial score (nSPS) is 19.8. The lowest BCUT2D eigenvalue weighted by molar-refractivity contribution is -0.119. The van der Waals surface area contributed by atoms with Gasteiger partial charge in [0.25, 0.3) is 0 Å². The fourth-order valence-electron chi connectivity index (χ4n) is 3.03. The van der Waals surface area contributed by atoms with Crippen LogP contribution in [0.15, 0.2) is 41.7 Å². The van der Waals surface area contributed by atoms with Crippen molar-refractivity contribution in [3.05, 3.63) is 42.5 Å². The summed E-state index contributed by atoms with van der Waals surface area (Å²) in [7, 11) is 0. The number of thioether (sulfide) groups is 1. The summed E-state index contributed by atoms with van der Waals surface area (Å²) in [5.74, 6) is 1.92. The van der Waals surface area contributed by atoms with Crippen LogP contribution in [0.1, 0.15) is 30.9 Å². The van der Waals surface area contributed by atoms with E-state index in [1.165, 1.54) is 24.6 Å². The van der Waals surface area contributed by atoms with E-state index in [1.54, 1.807) is 12.4 Å². The smallest absolute Gasteiger partial charge is 0.230 e. The number of pyridine rings is 1. The van der Waals surface area contributed by atoms with Crippen molar-refractivity contribution in [1.29, 1.82) is 0 Å². The number of nitrogens with one attached hydrogen (secondary N) is 1. The molecular weight excluding hydrogens is 334 g/mol. The first-order valence-corrected chi connectivity index (χ1v) is 9.66. The maximum Gasteiger partial charge on any atom is 0.230 e. The molecule has 1 aliphatic heterocycles. The topological polar surface area (TPSA) is 71.0 Å². The Labute approximate surface area is 151 Å². The van der Waals surface area contributed by atoms with E-state index in [0.717, 1.165) is 36.0 Å². The largest absolute Gasteiger partial charge is 0.351 e. The van der Waals surface area contributed by atoms with Crippen LogP contribution in [-0.4, -0.2) is 45.7 Å². The summed E-state index contributed by atoms with van der Waals surface area (Å²) in [5, 5.41) is 3.13. The minimum atomic E-state index is 0.0707. The Balaban J connectivity index is 1.27. The second-order valence-electron chi connectivity index (χ2n) is 6.53. The van der Waals surface area contributed by atoms with Gasteiger partial charge >= 0.3 is 0 Å². The van der Waals surface area contributed by atoms with E-state index >= 15 is 0 Å². The molecule has 2 fully saturated rings. The van der Waals surface area contributed by atoms with Crippen molar-refractivity contribution >= 4 is 23.6 Å². The van der Waals surface area contributed by atoms with Crippen LogP contribution in [0.25, 0.3) is 0 Å². The second-order valence-corrected chi connectivity index (χ2v) is 7.58. The quantitative estimate of drug-likeness (QED) is 0.802. The Morgan fingerprint density at radius 2 is 2.04 bits per heavy atom. The van der Waals surface area contributed by atoms with Crippen LogP contribution in [0.4, 0.5) is 5.95 Å². The number of hydrogen-bond donors (Lipinski definition) is 1. The van der Waals surface area contributed by atoms with Crippen LogP contribution >= 0.6 is 11.8 Å². The number of carbonyl (C=O) groups is 1. The van der Waals surface area contributed by atoms with Crippen LogP contribution in [0.5, 0.6) is 0 Å². The van der Waals surface area contributed by atoms with Crippen molar-refractivity contribution in [3.8, 4) is 0 Å². The summed E-state index contributed by atoms with van der Waals surface area (Å²) >= 11 is 1.53. The summed E-state index contributed by atoms with van der Waals surface area (Å²) in [6.07, 6.45) is 8.75. The van der Waals surface area contributed by atoms with Crippen molar-refractivity contribution in [3.63, 3.8) is 0 Å². The minimum Gasteiger partial charge on any atom is -0.351 e. The summed E-state index contributed by atoms with van der Waals surface area (Å²) < 4.78 is 0. The van der Waals surface area contributed by atoms with E-state index in [0.29, 0.717) is 11.7 Å². The predicted octanol–water partition coefficient (Wildman–Crippen LogP) is 2.24. The lowest BCUT2D eigenvalue weighted by Crippen LogP contribution is -2.38. The Kier molecular flexibility index (Phi) is 4.83. The zero-order valence-corrected chi connectivity index (χ0v) is 14.8. The highest BCUT2D eigenvalue weighted by Crippen LogP contribution is 2.39. The minimum absolute atomic E-state index is 0.0707. The maximum atomic E-state index is 12.2. The van der Waals surface area contributed by atoms with E-state index in [-0.39, 0.29) is 11.9 Å². The second kappa shape index (κ2) is 7.39. The number of rotatable bonds is 6. The first-order valence-electron chi connectivity index (χ1n) is 8.68. The van der Waals surface area contributed by atoms with Gasteiger partial charge in [-0.2, -0.15) is 0 Å². The molecule has 1 unspecified atom stereocenters. The van der Waals surface area contributed by atoms with Crippen molar-refractivity contribution in [1.82, 2.24) is 20.3 Å². The van der Waals surface area contributed by atoms with E-state index < -0.39 is 0 Å². The first kappa shape index (κ1) is 16.3. The van der Waals surface area contributed by atoms with Gasteiger partial charge in [-0.3, -0.25) is 9.78 Å². The van der Waals surface area contributed by atoms with E-state index in [1.807, 2.05) is 24.4 Å². The number of aromatic nitrogens is 3. The molecular formula is C18H21N5OS. The molecule has 0 radical (unpaired) electrons. The molecule has 1 atom stereocenters. The van der Waals surface area contributed by atoms with Crippen LogP contribution in [0, 0.1) is 0 Å². The van der Waals surface area contributed by atoms with Gasteiger partial charge in [0, 0.05) is 54.2 Å². The predicted molar refractivity (Wildman–Crippen MR) is 97.7 cm³/mol. The number of nitrogens with zero attached hydrogens (tertiary/aromatic N) is 4. The molecule has 1 amide bonds. The molecule has 7 heteroatoms. The molecule has 6 nitrogen and oxygen atoms in total. The van der Waals surface area contributed by atoms with Crippen molar-refractivity contribution in [2.75, 3.05) is 23.7 Å². The average molecular weight is 355 g/mol. The third-order valence-electron chi connectivity index (χ3n) is 4.52. The van der Waals surface area contributed by atoms with Gasteiger partial charge in [0.15, 0.2) is 0 Å². The third-order valence-corrected chi connectivity index (χ3v) is 5.53. The highest BCUT2D eigenvalue weighted by atomic mass is 32.2. The third kappa shape index (κ3) is 4.28. The summed E-state index contributed by atoms with van der Waals surface area (Å²) in [6.45, 7) is 1.66. The van der Waals surface area contributed by atoms with Gasteiger partial charge < -0.3 is 10.2 Å². The number of anilines is 1. The molecule has 2 aromatic rings. The molecule has 2 aliphatic rings. The Morgan fingerprint density at radius 3 is 2.84 bits per heavy atom. The summed E-state index contributed by atoms with van der Waals surface area (Å²) in [5.41, 5.74) is 1.16. The van der Waals surface area contributed by atoms with Gasteiger partial charge in [0.2, 0.25) is 11.9 Å². The molecule has 0 bridgehead atoms. The van der Waals surface area contributed by atoms with E-state index in [2.05, 4.69) is 20.2 Å². The molecule has 1 aliphatic carbocycles. The first-order chi connectivity index (χ1) is 12.3. The van der Waals surface area contributed by atoms with Gasteiger partial charge in [-0.15, -0.1) is 11.8 Å². The highest BCUT2D eigenvalue weighted by molar-refractivity contribution is 8.00. The van der Waals surface area contributed by atoms with Crippen molar-refractivity contribution < 1.29 is 4.79 Å². The van der Waals surface area contributed by atoms with Crippen LogP contribution in [-0.2, 0) is 4.79 Å². The molecule has 4 rings (SSSR count). The lowest BCUT2D eigenvalue weighted by Gasteiger charge is -2.17. The number of amides is 1. The van der Waals surface area contributed by atoms with Gasteiger partial charge in [0.05, 0.1) is 5.75 Å². The molecule has 0 spiro atoms. The standard InChI is InChI=1S/C18H21N5OS/c24-17(12-25-15-3-7-19-8-4-15)21-14-6-10-23(11-14)18-20-9-5-16(22-18)13-1-2-13/h3-5,7-9,13-14H,1-2,6,10-12H2,(H,21,24). The van der Waals surface area contributed by atoms with Crippen molar-refractivity contribution in [2.45, 2.75) is 36.1 Å². The molecule has 3 heterocycles. The maximum absolute atomic E-state index is 12.2. The van der Waals surface area contributed by atoms with E-state index in [9.17, 15) is 4.79 Å². The fourth-order valence-corrected chi connectivity index (χ4v) is 3.73. The number of hydrogen-bond acceptors (Lipinski definition) is 6. The number of carbonyl (C=O) groups excluding carboxylic acids is 1. The molecule has 1 saturated heterocycles. The van der Waals surface area contributed by atoms with Crippen molar-refractivity contribution in [2.24, 2.45) is 0 Å². The zero-order chi connectivity index (χ0) is 17.1. The fraction of sp³-hybridized carbons (Fsp3) is 0.444. The lowest BCUT2D eigenvalue weighted by atomic mass is 10.2. The molecule has 25 heavy (non-hydrogen) atoms. The molecule has 130 valence electrons. The van der Waals surface area contributed by atoms with Gasteiger partial charge in [-0.25, -0.2) is 9.97 Å². The summed E-state index contributed by atoms with van der Waals surface area (Å²) in [4.78, 5) is 28.5. The zero-order valence-electron chi connectivity index (χ0n) is 14.0. The van der Waals surface area contributed by atoms with Gasteiger partial charge in [-0.05, 0) is 37.5 Å².